The van der Waals surface area contributed by atoms with Gasteiger partial charge in [-0.25, -0.2) is 18.1 Å². The van der Waals surface area contributed by atoms with E-state index in [0.717, 1.165) is 0 Å². The van der Waals surface area contributed by atoms with Crippen molar-refractivity contribution in [2.45, 2.75) is 30.7 Å². The van der Waals surface area contributed by atoms with E-state index < -0.39 is 10.0 Å². The Morgan fingerprint density at radius 2 is 1.76 bits per heavy atom. The molecule has 7 nitrogen and oxygen atoms in total. The van der Waals surface area contributed by atoms with Gasteiger partial charge in [-0.3, -0.25) is 0 Å². The topological polar surface area (TPSA) is 90.3 Å². The molecule has 0 radical (unpaired) electrons. The zero-order valence-corrected chi connectivity index (χ0v) is 15.2. The van der Waals surface area contributed by atoms with Crippen molar-refractivity contribution in [3.63, 3.8) is 0 Å². The zero-order chi connectivity index (χ0) is 18.0. The Morgan fingerprint density at radius 3 is 2.20 bits per heavy atom. The molecule has 3 heterocycles. The molecular formula is C17H21N3O4S. The van der Waals surface area contributed by atoms with Crippen molar-refractivity contribution in [2.75, 3.05) is 6.54 Å². The second-order valence-corrected chi connectivity index (χ2v) is 7.85. The van der Waals surface area contributed by atoms with Crippen LogP contribution in [0.5, 0.6) is 0 Å². The first kappa shape index (κ1) is 17.5. The standard InChI is InChI=1S/C17H21N3O4S/c1-12(2)17-19-16(11-20(17)3)25(21,22)18-10-13(14-6-4-8-23-14)15-7-5-9-24-15/h4-9,11-13,18H,10H2,1-3H3. The summed E-state index contributed by atoms with van der Waals surface area (Å²) in [6.45, 7) is 4.04. The summed E-state index contributed by atoms with van der Waals surface area (Å²) in [5.41, 5.74) is 0. The maximum atomic E-state index is 12.6. The van der Waals surface area contributed by atoms with E-state index in [1.165, 1.54) is 6.20 Å². The number of nitrogens with one attached hydrogen (secondary N) is 1. The van der Waals surface area contributed by atoms with Crippen molar-refractivity contribution in [3.05, 3.63) is 60.3 Å². The number of sulfonamides is 1. The summed E-state index contributed by atoms with van der Waals surface area (Å²) >= 11 is 0. The van der Waals surface area contributed by atoms with Crippen molar-refractivity contribution in [3.8, 4) is 0 Å². The molecule has 0 amide bonds. The molecule has 1 N–H and O–H groups in total. The number of rotatable bonds is 7. The third-order valence-corrected chi connectivity index (χ3v) is 5.23. The Balaban J connectivity index is 1.82. The van der Waals surface area contributed by atoms with Gasteiger partial charge in [0, 0.05) is 25.7 Å². The summed E-state index contributed by atoms with van der Waals surface area (Å²) in [6, 6.07) is 7.10. The van der Waals surface area contributed by atoms with E-state index in [0.29, 0.717) is 17.3 Å². The van der Waals surface area contributed by atoms with Crippen LogP contribution in [0.15, 0.2) is 56.8 Å². The summed E-state index contributed by atoms with van der Waals surface area (Å²) in [5.74, 6) is 1.75. The highest BCUT2D eigenvalue weighted by Crippen LogP contribution is 2.25. The Labute approximate surface area is 146 Å². The third kappa shape index (κ3) is 3.69. The monoisotopic (exact) mass is 363 g/mol. The van der Waals surface area contributed by atoms with Gasteiger partial charge in [0.25, 0.3) is 10.0 Å². The predicted octanol–water partition coefficient (Wildman–Crippen LogP) is 2.84. The molecule has 0 bridgehead atoms. The fourth-order valence-corrected chi connectivity index (χ4v) is 3.75. The molecule has 0 fully saturated rings. The van der Waals surface area contributed by atoms with Crippen LogP contribution < -0.4 is 4.72 Å². The first-order valence-electron chi connectivity index (χ1n) is 7.98. The summed E-state index contributed by atoms with van der Waals surface area (Å²) in [6.07, 6.45) is 4.62. The largest absolute Gasteiger partial charge is 0.469 e. The summed E-state index contributed by atoms with van der Waals surface area (Å²) < 4.78 is 40.4. The highest BCUT2D eigenvalue weighted by Gasteiger charge is 2.25. The second-order valence-electron chi connectivity index (χ2n) is 6.14. The van der Waals surface area contributed by atoms with Crippen molar-refractivity contribution in [1.82, 2.24) is 14.3 Å². The molecular weight excluding hydrogens is 342 g/mol. The lowest BCUT2D eigenvalue weighted by molar-refractivity contribution is 0.424. The van der Waals surface area contributed by atoms with Gasteiger partial charge in [0.15, 0.2) is 5.03 Å². The molecule has 25 heavy (non-hydrogen) atoms. The van der Waals surface area contributed by atoms with Crippen LogP contribution in [-0.2, 0) is 17.1 Å². The number of imidazole rings is 1. The molecule has 0 aromatic carbocycles. The normalized spacial score (nSPS) is 12.4. The van der Waals surface area contributed by atoms with Gasteiger partial charge in [-0.05, 0) is 24.3 Å². The van der Waals surface area contributed by atoms with Gasteiger partial charge in [0.05, 0.1) is 18.4 Å². The summed E-state index contributed by atoms with van der Waals surface area (Å²) in [4.78, 5) is 4.25. The Bertz CT molecular complexity index is 875. The fraction of sp³-hybridized carbons (Fsp3) is 0.353. The van der Waals surface area contributed by atoms with E-state index in [-0.39, 0.29) is 23.4 Å². The summed E-state index contributed by atoms with van der Waals surface area (Å²) in [5, 5.41) is 0.0105. The molecule has 3 aromatic rings. The number of aryl methyl sites for hydroxylation is 1. The third-order valence-electron chi connectivity index (χ3n) is 3.93. The molecule has 0 aliphatic carbocycles. The summed E-state index contributed by atoms with van der Waals surface area (Å²) in [7, 11) is -1.95. The molecule has 0 saturated carbocycles. The molecule has 3 rings (SSSR count). The first-order chi connectivity index (χ1) is 11.9. The first-order valence-corrected chi connectivity index (χ1v) is 9.46. The minimum atomic E-state index is -3.74. The Morgan fingerprint density at radius 1 is 1.16 bits per heavy atom. The number of nitrogens with zero attached hydrogens (tertiary/aromatic N) is 2. The number of hydrogen-bond acceptors (Lipinski definition) is 5. The van der Waals surface area contributed by atoms with E-state index in [4.69, 9.17) is 8.83 Å². The van der Waals surface area contributed by atoms with Crippen LogP contribution in [-0.4, -0.2) is 24.5 Å². The van der Waals surface area contributed by atoms with E-state index in [9.17, 15) is 8.42 Å². The molecule has 0 aliphatic rings. The van der Waals surface area contributed by atoms with Crippen LogP contribution in [0.1, 0.15) is 43.0 Å². The van der Waals surface area contributed by atoms with Crippen molar-refractivity contribution >= 4 is 10.0 Å². The minimum absolute atomic E-state index is 0.0105. The predicted molar refractivity (Wildman–Crippen MR) is 91.7 cm³/mol. The number of hydrogen-bond donors (Lipinski definition) is 1. The van der Waals surface area contributed by atoms with E-state index in [2.05, 4.69) is 9.71 Å². The van der Waals surface area contributed by atoms with E-state index in [1.54, 1.807) is 48.4 Å². The minimum Gasteiger partial charge on any atom is -0.469 e. The molecule has 0 spiro atoms. The second kappa shape index (κ2) is 6.89. The van der Waals surface area contributed by atoms with E-state index >= 15 is 0 Å². The van der Waals surface area contributed by atoms with Crippen LogP contribution in [0.2, 0.25) is 0 Å². The fourth-order valence-electron chi connectivity index (χ4n) is 2.71. The Hall–Kier alpha value is -2.32. The molecule has 0 unspecified atom stereocenters. The molecule has 0 aliphatic heterocycles. The van der Waals surface area contributed by atoms with Crippen molar-refractivity contribution in [1.29, 1.82) is 0 Å². The average Bonchev–Trinajstić information content (AvgIpc) is 3.28. The molecule has 0 atom stereocenters. The van der Waals surface area contributed by atoms with Crippen molar-refractivity contribution < 1.29 is 17.3 Å². The van der Waals surface area contributed by atoms with Crippen LogP contribution >= 0.6 is 0 Å². The lowest BCUT2D eigenvalue weighted by atomic mass is 10.0. The van der Waals surface area contributed by atoms with Gasteiger partial charge < -0.3 is 13.4 Å². The van der Waals surface area contributed by atoms with Gasteiger partial charge in [-0.2, -0.15) is 0 Å². The van der Waals surface area contributed by atoms with Crippen molar-refractivity contribution in [2.24, 2.45) is 7.05 Å². The smallest absolute Gasteiger partial charge is 0.259 e. The van der Waals surface area contributed by atoms with Crippen LogP contribution in [0, 0.1) is 0 Å². The SMILES string of the molecule is CC(C)c1nc(S(=O)(=O)NCC(c2ccco2)c2ccco2)cn1C. The van der Waals surface area contributed by atoms with Gasteiger partial charge in [-0.1, -0.05) is 13.8 Å². The van der Waals surface area contributed by atoms with Gasteiger partial charge in [0.2, 0.25) is 0 Å². The maximum Gasteiger partial charge on any atom is 0.259 e. The molecule has 0 saturated heterocycles. The van der Waals surface area contributed by atoms with Gasteiger partial charge >= 0.3 is 0 Å². The van der Waals surface area contributed by atoms with Crippen LogP contribution in [0.25, 0.3) is 0 Å². The lowest BCUT2D eigenvalue weighted by Crippen LogP contribution is -2.29. The van der Waals surface area contributed by atoms with Gasteiger partial charge in [0.1, 0.15) is 17.3 Å². The molecule has 8 heteroatoms. The molecule has 3 aromatic heterocycles. The molecule has 134 valence electrons. The Kier molecular flexibility index (Phi) is 4.82. The zero-order valence-electron chi connectivity index (χ0n) is 14.3. The average molecular weight is 363 g/mol. The highest BCUT2D eigenvalue weighted by atomic mass is 32.2. The highest BCUT2D eigenvalue weighted by molar-refractivity contribution is 7.89. The number of furan rings is 2. The van der Waals surface area contributed by atoms with Crippen LogP contribution in [0.3, 0.4) is 0 Å². The quantitative estimate of drug-likeness (QED) is 0.697. The maximum absolute atomic E-state index is 12.6. The van der Waals surface area contributed by atoms with E-state index in [1.807, 2.05) is 13.8 Å². The van der Waals surface area contributed by atoms with Gasteiger partial charge in [-0.15, -0.1) is 0 Å². The lowest BCUT2D eigenvalue weighted by Gasteiger charge is -2.12. The van der Waals surface area contributed by atoms with Crippen LogP contribution in [0.4, 0.5) is 0 Å². The number of aromatic nitrogens is 2.